The number of aliphatic hydroxyl groups is 1. The zero-order valence-electron chi connectivity index (χ0n) is 73.1. The number of pyridine rings is 4. The molecule has 4 atom stereocenters. The fourth-order valence-corrected chi connectivity index (χ4v) is 19.4. The number of aryl methyl sites for hydroxylation is 2. The first-order chi connectivity index (χ1) is 63.9. The fourth-order valence-electron chi connectivity index (χ4n) is 18.4. The maximum Gasteiger partial charge on any atom is 1.00 e. The minimum Gasteiger partial charge on any atom is -0.736 e. The van der Waals surface area contributed by atoms with Crippen LogP contribution in [0.2, 0.25) is 0 Å². The molecule has 14 aromatic rings. The summed E-state index contributed by atoms with van der Waals surface area (Å²) in [5, 5.41) is 36.3. The third-order valence-corrected chi connectivity index (χ3v) is 25.2. The van der Waals surface area contributed by atoms with E-state index in [9.17, 15) is 55.8 Å². The number of hydrogen-bond acceptors (Lipinski definition) is 25. The SMILES string of the molecule is C.C.C.C.CO.Cc1nocc1C(=O)Cl.Cc1nocc1C(=O)N1CCN2C(=O)c3ncccc3C[C@]12c1ccc(F)cc1.O.O=C1c2ncccc2CC2(c3ccc(F)cc3)NCCN12.O=C1c2ncccc2CC2(c3ccc(F)cc3)NCCN12.O=C1c2ncccc2C[C@]2(c3ccc(F)cc3)NCCN12.O=CO[O-].O=P1([O-])Oc2ccc3ccccc3c2-c2c(ccc3ccccc23)O1.[H+].[Na+]. The molecule has 712 valence electrons. The third-order valence-electron chi connectivity index (χ3n) is 24.2. The van der Waals surface area contributed by atoms with Crippen LogP contribution in [-0.2, 0) is 62.6 Å². The van der Waals surface area contributed by atoms with Gasteiger partial charge >= 0.3 is 38.8 Å². The topological polar surface area (TPSA) is 418 Å². The number of halogens is 5. The monoisotopic (exact) mass is 1930 g/mol. The summed E-state index contributed by atoms with van der Waals surface area (Å²) in [4.78, 5) is 124. The van der Waals surface area contributed by atoms with Gasteiger partial charge in [0.15, 0.2) is 0 Å². The van der Waals surface area contributed by atoms with Crippen molar-refractivity contribution in [2.24, 2.45) is 0 Å². The molecule has 2 unspecified atom stereocenters. The van der Waals surface area contributed by atoms with E-state index in [0.29, 0.717) is 109 Å². The molecule has 6 aromatic heterocycles. The van der Waals surface area contributed by atoms with Crippen molar-refractivity contribution in [1.29, 1.82) is 0 Å². The first-order valence-corrected chi connectivity index (χ1v) is 43.3. The summed E-state index contributed by atoms with van der Waals surface area (Å²) in [6.07, 6.45) is 11.4. The Bertz CT molecular complexity index is 6420. The summed E-state index contributed by atoms with van der Waals surface area (Å²) in [5.41, 5.74) is 9.22. The van der Waals surface area contributed by atoms with E-state index in [1.165, 1.54) is 61.1 Å². The van der Waals surface area contributed by atoms with Gasteiger partial charge in [-0.3, -0.25) is 69.4 Å². The molecule has 15 heterocycles. The van der Waals surface area contributed by atoms with Crippen LogP contribution in [0.4, 0.5) is 17.6 Å². The molecular formula is C100H99ClF4N14NaO17P. The van der Waals surface area contributed by atoms with Crippen molar-refractivity contribution in [2.45, 2.75) is 91.9 Å². The maximum atomic E-state index is 13.7. The molecule has 9 aliphatic heterocycles. The fraction of sp³-hybridized carbons (Fsp3) is 0.230. The van der Waals surface area contributed by atoms with Gasteiger partial charge in [0, 0.05) is 121 Å². The Morgan fingerprint density at radius 3 is 1.10 bits per heavy atom. The van der Waals surface area contributed by atoms with Crippen molar-refractivity contribution < 1.29 is 130 Å². The Labute approximate surface area is 820 Å². The van der Waals surface area contributed by atoms with Gasteiger partial charge in [0.05, 0.1) is 17.0 Å². The van der Waals surface area contributed by atoms with Crippen LogP contribution >= 0.6 is 19.4 Å². The molecule has 0 spiro atoms. The molecule has 4 fully saturated rings. The van der Waals surface area contributed by atoms with Crippen LogP contribution in [0.5, 0.6) is 11.5 Å². The van der Waals surface area contributed by atoms with Crippen LogP contribution in [0.3, 0.4) is 0 Å². The number of phosphoric ester groups is 1. The van der Waals surface area contributed by atoms with Crippen molar-refractivity contribution >= 4 is 82.2 Å². The molecule has 0 aliphatic carbocycles. The first kappa shape index (κ1) is 106. The van der Waals surface area contributed by atoms with Crippen LogP contribution in [0.1, 0.15) is 150 Å². The van der Waals surface area contributed by atoms with Gasteiger partial charge < -0.3 is 68.2 Å². The van der Waals surface area contributed by atoms with E-state index >= 15 is 0 Å². The van der Waals surface area contributed by atoms with E-state index in [1.807, 2.05) is 118 Å². The molecule has 23 rings (SSSR count). The molecule has 138 heavy (non-hydrogen) atoms. The van der Waals surface area contributed by atoms with E-state index in [2.05, 4.69) is 55.6 Å². The normalized spacial score (nSPS) is 18.7. The molecule has 0 bridgehead atoms. The molecule has 38 heteroatoms. The molecular weight excluding hydrogens is 1830 g/mol. The van der Waals surface area contributed by atoms with Crippen molar-refractivity contribution in [2.75, 3.05) is 59.5 Å². The number of nitrogens with zero attached hydrogens (tertiary/aromatic N) is 11. The summed E-state index contributed by atoms with van der Waals surface area (Å²) in [6.45, 7) is 7.90. The Hall–Kier alpha value is -13.7. The second-order valence-corrected chi connectivity index (χ2v) is 32.9. The third kappa shape index (κ3) is 20.4. The predicted molar refractivity (Wildman–Crippen MR) is 499 cm³/mol. The van der Waals surface area contributed by atoms with Gasteiger partial charge in [-0.05, 0) is 176 Å². The van der Waals surface area contributed by atoms with Gasteiger partial charge in [-0.2, -0.15) is 0 Å². The quantitative estimate of drug-likeness (QED) is 0.0219. The number of amides is 5. The minimum absolute atomic E-state index is 0. The number of aromatic nitrogens is 6. The molecule has 9 aliphatic rings. The van der Waals surface area contributed by atoms with Gasteiger partial charge in [-0.1, -0.05) is 173 Å². The van der Waals surface area contributed by atoms with Crippen molar-refractivity contribution in [3.63, 3.8) is 0 Å². The zero-order valence-corrected chi connectivity index (χ0v) is 75.8. The number of rotatable bonds is 7. The van der Waals surface area contributed by atoms with E-state index in [1.54, 1.807) is 115 Å². The number of fused-ring (bicyclic) bond motifs is 15. The van der Waals surface area contributed by atoms with Gasteiger partial charge in [0.25, 0.3) is 41.3 Å². The van der Waals surface area contributed by atoms with Crippen LogP contribution in [0, 0.1) is 37.1 Å². The van der Waals surface area contributed by atoms with Gasteiger partial charge in [0.1, 0.15) is 98.3 Å². The largest absolute Gasteiger partial charge is 1.00 e. The van der Waals surface area contributed by atoms with Crippen LogP contribution in [0.15, 0.2) is 265 Å². The van der Waals surface area contributed by atoms with Crippen molar-refractivity contribution in [3.8, 4) is 22.6 Å². The smallest absolute Gasteiger partial charge is 0.736 e. The van der Waals surface area contributed by atoms with Crippen LogP contribution in [0.25, 0.3) is 32.7 Å². The van der Waals surface area contributed by atoms with E-state index in [-0.39, 0.29) is 137 Å². The molecule has 0 radical (unpaired) electrons. The maximum absolute atomic E-state index is 13.7. The van der Waals surface area contributed by atoms with Crippen LogP contribution in [-0.4, -0.2) is 166 Å². The number of nitrogens with one attached hydrogen (secondary N) is 3. The number of hydrogen-bond donors (Lipinski definition) is 4. The van der Waals surface area contributed by atoms with E-state index in [4.69, 9.17) is 40.3 Å². The number of benzene rings is 8. The summed E-state index contributed by atoms with van der Waals surface area (Å²) in [5.74, 6) is -1.35. The minimum atomic E-state index is -4.50. The summed E-state index contributed by atoms with van der Waals surface area (Å²) in [6, 6.07) is 62.7. The predicted octanol–water partition coefficient (Wildman–Crippen LogP) is 10.7. The standard InChI is InChI=1S/C21H17FN4O3.C20H13O4P.3C16H14FN3O.C5H4ClNO2.CH2O3.CH4O.4CH4.Na.H2O/c1-13-17(12-29-24-13)19(27)25-9-10-26-20(28)18-14(3-2-8-23-18)11-21(25,26)15-4-6-16(22)7-5-15;21-25(22)23-17-11-9-13-5-1-3-7-15(13)19(17)20-16-8-4-2-6-14(16)10-12-18(20)24-25;3*17-13-5-3-12(4-6-13)16-10-11-2-1-7-18-14(11)15(21)20(16)9-8-19-16;1-3-4(5(6)8)2-9-7-3;2-1-4-3;1-2;;;;;;/h2-8,12H,9-11H2,1H3;1-12H,(H,21,22);3*1-7,19H,8-10H2;2H,1H3;1,3H;2H,1H3;4*1H4;;1H2/q;;;;;;;;;;;;+1;/p-1/t21-;;16-;;;;;;;;;;;/m0.0.........../s1. The van der Waals surface area contributed by atoms with E-state index < -0.39 is 35.7 Å². The Balaban J connectivity index is 0.000000186. The Morgan fingerprint density at radius 1 is 0.464 bits per heavy atom. The molecule has 6 N–H and O–H groups in total. The average molecular weight is 1930 g/mol. The molecule has 0 saturated carbocycles. The van der Waals surface area contributed by atoms with Crippen molar-refractivity contribution in [1.82, 2.24) is 70.7 Å². The number of carbonyl (C=O) groups is 7. The van der Waals surface area contributed by atoms with E-state index in [0.717, 1.165) is 98.4 Å². The molecule has 31 nitrogen and oxygen atoms in total. The molecule has 8 aromatic carbocycles. The number of carbonyl (C=O) groups excluding carboxylic acids is 7. The average Bonchev–Trinajstić information content (AvgIpc) is 1.56. The summed E-state index contributed by atoms with van der Waals surface area (Å²) in [7, 11) is -3.50. The molecule has 5 amide bonds. The van der Waals surface area contributed by atoms with Gasteiger partial charge in [-0.15, -0.1) is 0 Å². The Morgan fingerprint density at radius 2 is 0.783 bits per heavy atom. The number of aliphatic hydroxyl groups excluding tert-OH is 1. The van der Waals surface area contributed by atoms with Gasteiger partial charge in [0.2, 0.25) is 0 Å². The number of phosphoric acid groups is 1. The Kier molecular flexibility index (Phi) is 34.8. The summed E-state index contributed by atoms with van der Waals surface area (Å²) < 4.78 is 85.4. The first-order valence-electron chi connectivity index (χ1n) is 41.5. The zero-order chi connectivity index (χ0) is 92.8. The van der Waals surface area contributed by atoms with Crippen molar-refractivity contribution in [3.05, 3.63) is 369 Å². The van der Waals surface area contributed by atoms with Gasteiger partial charge in [-0.25, -0.2) is 22.1 Å². The second kappa shape index (κ2) is 45.1. The molecule has 4 saturated heterocycles. The summed E-state index contributed by atoms with van der Waals surface area (Å²) >= 11 is 5.11. The van der Waals surface area contributed by atoms with Crippen LogP contribution < -0.4 is 64.7 Å². The second-order valence-electron chi connectivity index (χ2n) is 31.3.